The number of hydrogen-bond donors (Lipinski definition) is 2. The molecule has 0 bridgehead atoms. The summed E-state index contributed by atoms with van der Waals surface area (Å²) in [5.41, 5.74) is 13.3. The zero-order chi connectivity index (χ0) is 17.4. The molecule has 0 spiro atoms. The molecule has 4 rings (SSSR count). The van der Waals surface area contributed by atoms with Crippen LogP contribution in [0.15, 0.2) is 41.4 Å². The third-order valence-corrected chi connectivity index (χ3v) is 4.89. The smallest absolute Gasteiger partial charge is 0.193 e. The monoisotopic (exact) mass is 333 g/mol. The van der Waals surface area contributed by atoms with E-state index in [0.29, 0.717) is 12.5 Å². The number of guanidine groups is 1. The predicted molar refractivity (Wildman–Crippen MR) is 103 cm³/mol. The van der Waals surface area contributed by atoms with Crippen LogP contribution in [0.25, 0.3) is 11.0 Å². The zero-order valence-corrected chi connectivity index (χ0v) is 14.7. The Hall–Kier alpha value is -2.82. The molecule has 3 aromatic rings. The van der Waals surface area contributed by atoms with E-state index >= 15 is 0 Å². The van der Waals surface area contributed by atoms with Crippen LogP contribution in [0.2, 0.25) is 0 Å². The number of aromatic nitrogens is 2. The Bertz CT molecular complexity index is 968. The first-order valence-electron chi connectivity index (χ1n) is 8.71. The lowest BCUT2D eigenvalue weighted by molar-refractivity contribution is 0.812. The van der Waals surface area contributed by atoms with Crippen molar-refractivity contribution in [1.29, 1.82) is 0 Å². The fourth-order valence-corrected chi connectivity index (χ4v) is 3.49. The average Bonchev–Trinajstić information content (AvgIpc) is 3.17. The largest absolute Gasteiger partial charge is 0.370 e. The summed E-state index contributed by atoms with van der Waals surface area (Å²) >= 11 is 0. The van der Waals surface area contributed by atoms with Gasteiger partial charge in [-0.05, 0) is 67.1 Å². The van der Waals surface area contributed by atoms with Gasteiger partial charge in [0.15, 0.2) is 5.96 Å². The van der Waals surface area contributed by atoms with Crippen LogP contribution in [0.5, 0.6) is 0 Å². The highest BCUT2D eigenvalue weighted by Gasteiger charge is 2.11. The SMILES string of the molecule is Cc1ccc2c(c1)nc(CN=C(N)Nc1ccc3c(c1)CCC3)n2C. The van der Waals surface area contributed by atoms with Crippen LogP contribution in [0.1, 0.15) is 28.9 Å². The first-order chi connectivity index (χ1) is 12.1. The molecule has 0 saturated carbocycles. The van der Waals surface area contributed by atoms with E-state index in [1.165, 1.54) is 29.5 Å². The highest BCUT2D eigenvalue weighted by molar-refractivity contribution is 5.92. The Morgan fingerprint density at radius 1 is 1.20 bits per heavy atom. The number of anilines is 1. The van der Waals surface area contributed by atoms with Crippen LogP contribution in [-0.4, -0.2) is 15.5 Å². The van der Waals surface area contributed by atoms with E-state index in [2.05, 4.69) is 63.2 Å². The molecule has 0 atom stereocenters. The second-order valence-electron chi connectivity index (χ2n) is 6.74. The molecule has 2 aromatic carbocycles. The highest BCUT2D eigenvalue weighted by Crippen LogP contribution is 2.24. The van der Waals surface area contributed by atoms with E-state index in [0.717, 1.165) is 29.0 Å². The number of imidazole rings is 1. The van der Waals surface area contributed by atoms with Gasteiger partial charge in [0.05, 0.1) is 11.0 Å². The Morgan fingerprint density at radius 2 is 2.04 bits per heavy atom. The van der Waals surface area contributed by atoms with E-state index in [1.54, 1.807) is 0 Å². The van der Waals surface area contributed by atoms with Gasteiger partial charge in [-0.25, -0.2) is 9.98 Å². The number of aryl methyl sites for hydroxylation is 4. The van der Waals surface area contributed by atoms with Crippen LogP contribution in [0, 0.1) is 6.92 Å². The van der Waals surface area contributed by atoms with E-state index in [1.807, 2.05) is 7.05 Å². The van der Waals surface area contributed by atoms with Crippen molar-refractivity contribution in [3.8, 4) is 0 Å². The summed E-state index contributed by atoms with van der Waals surface area (Å²) in [6.07, 6.45) is 3.58. The number of aliphatic imine (C=N–C) groups is 1. The molecule has 1 aromatic heterocycles. The molecule has 1 heterocycles. The lowest BCUT2D eigenvalue weighted by Crippen LogP contribution is -2.23. The standard InChI is InChI=1S/C20H23N5/c1-13-6-9-18-17(10-13)24-19(25(18)2)12-22-20(21)23-16-8-7-14-4-3-5-15(14)11-16/h6-11H,3-5,12H2,1-2H3,(H3,21,22,23). The highest BCUT2D eigenvalue weighted by atomic mass is 15.1. The van der Waals surface area contributed by atoms with Gasteiger partial charge in [-0.15, -0.1) is 0 Å². The van der Waals surface area contributed by atoms with Gasteiger partial charge in [0.25, 0.3) is 0 Å². The summed E-state index contributed by atoms with van der Waals surface area (Å²) in [5.74, 6) is 1.32. The van der Waals surface area contributed by atoms with Crippen molar-refractivity contribution >= 4 is 22.7 Å². The lowest BCUT2D eigenvalue weighted by Gasteiger charge is -2.08. The van der Waals surface area contributed by atoms with E-state index in [4.69, 9.17) is 5.73 Å². The number of nitrogens with zero attached hydrogens (tertiary/aromatic N) is 3. The maximum atomic E-state index is 6.07. The number of rotatable bonds is 3. The van der Waals surface area contributed by atoms with Crippen molar-refractivity contribution in [2.24, 2.45) is 17.8 Å². The molecule has 0 saturated heterocycles. The fraction of sp³-hybridized carbons (Fsp3) is 0.300. The number of hydrogen-bond acceptors (Lipinski definition) is 2. The van der Waals surface area contributed by atoms with Crippen LogP contribution in [-0.2, 0) is 26.4 Å². The average molecular weight is 333 g/mol. The zero-order valence-electron chi connectivity index (χ0n) is 14.7. The Morgan fingerprint density at radius 3 is 2.92 bits per heavy atom. The maximum absolute atomic E-state index is 6.07. The molecule has 1 aliphatic rings. The number of benzene rings is 2. The minimum atomic E-state index is 0.418. The van der Waals surface area contributed by atoms with Crippen molar-refractivity contribution in [3.63, 3.8) is 0 Å². The van der Waals surface area contributed by atoms with E-state index in [-0.39, 0.29) is 0 Å². The van der Waals surface area contributed by atoms with Gasteiger partial charge < -0.3 is 15.6 Å². The van der Waals surface area contributed by atoms with Gasteiger partial charge in [0.2, 0.25) is 0 Å². The Balaban J connectivity index is 1.50. The van der Waals surface area contributed by atoms with Gasteiger partial charge in [-0.2, -0.15) is 0 Å². The number of nitrogens with one attached hydrogen (secondary N) is 1. The van der Waals surface area contributed by atoms with Crippen molar-refractivity contribution in [1.82, 2.24) is 9.55 Å². The Labute approximate surface area is 147 Å². The van der Waals surface area contributed by atoms with Crippen molar-refractivity contribution < 1.29 is 0 Å². The van der Waals surface area contributed by atoms with Gasteiger partial charge in [0, 0.05) is 12.7 Å². The summed E-state index contributed by atoms with van der Waals surface area (Å²) in [4.78, 5) is 9.13. The van der Waals surface area contributed by atoms with Gasteiger partial charge >= 0.3 is 0 Å². The van der Waals surface area contributed by atoms with Crippen LogP contribution in [0.3, 0.4) is 0 Å². The second-order valence-corrected chi connectivity index (χ2v) is 6.74. The minimum absolute atomic E-state index is 0.418. The van der Waals surface area contributed by atoms with Crippen molar-refractivity contribution in [2.75, 3.05) is 5.32 Å². The van der Waals surface area contributed by atoms with Crippen molar-refractivity contribution in [3.05, 3.63) is 58.9 Å². The van der Waals surface area contributed by atoms with E-state index < -0.39 is 0 Å². The molecule has 0 aliphatic heterocycles. The molecule has 0 fully saturated rings. The number of fused-ring (bicyclic) bond motifs is 2. The third kappa shape index (κ3) is 3.09. The quantitative estimate of drug-likeness (QED) is 0.571. The molecule has 5 heteroatoms. The van der Waals surface area contributed by atoms with Gasteiger partial charge in [-0.3, -0.25) is 0 Å². The second kappa shape index (κ2) is 6.24. The molecule has 5 nitrogen and oxygen atoms in total. The number of nitrogens with two attached hydrogens (primary N) is 1. The normalized spacial score (nSPS) is 14.1. The molecular formula is C20H23N5. The molecule has 25 heavy (non-hydrogen) atoms. The van der Waals surface area contributed by atoms with Crippen LogP contribution in [0.4, 0.5) is 5.69 Å². The molecule has 0 amide bonds. The van der Waals surface area contributed by atoms with Gasteiger partial charge in [0.1, 0.15) is 12.4 Å². The summed E-state index contributed by atoms with van der Waals surface area (Å²) < 4.78 is 2.07. The van der Waals surface area contributed by atoms with E-state index in [9.17, 15) is 0 Å². The summed E-state index contributed by atoms with van der Waals surface area (Å²) in [6.45, 7) is 2.53. The first-order valence-corrected chi connectivity index (χ1v) is 8.71. The first kappa shape index (κ1) is 15.7. The van der Waals surface area contributed by atoms with Crippen molar-refractivity contribution in [2.45, 2.75) is 32.7 Å². The molecular weight excluding hydrogens is 310 g/mol. The minimum Gasteiger partial charge on any atom is -0.370 e. The van der Waals surface area contributed by atoms with Gasteiger partial charge in [-0.1, -0.05) is 12.1 Å². The predicted octanol–water partition coefficient (Wildman–Crippen LogP) is 3.30. The maximum Gasteiger partial charge on any atom is 0.193 e. The summed E-state index contributed by atoms with van der Waals surface area (Å²) in [5, 5.41) is 3.19. The molecule has 1 aliphatic carbocycles. The molecule has 0 radical (unpaired) electrons. The molecule has 0 unspecified atom stereocenters. The van der Waals surface area contributed by atoms with Crippen LogP contribution < -0.4 is 11.1 Å². The van der Waals surface area contributed by atoms with Crippen LogP contribution >= 0.6 is 0 Å². The lowest BCUT2D eigenvalue weighted by atomic mass is 10.1. The topological polar surface area (TPSA) is 68.2 Å². The fourth-order valence-electron chi connectivity index (χ4n) is 3.49. The summed E-state index contributed by atoms with van der Waals surface area (Å²) in [6, 6.07) is 12.7. The summed E-state index contributed by atoms with van der Waals surface area (Å²) in [7, 11) is 2.01. The third-order valence-electron chi connectivity index (χ3n) is 4.89. The molecule has 128 valence electrons. The molecule has 3 N–H and O–H groups in total. The Kier molecular flexibility index (Phi) is 3.92.